The van der Waals surface area contributed by atoms with Gasteiger partial charge in [0.1, 0.15) is 0 Å². The summed E-state index contributed by atoms with van der Waals surface area (Å²) in [7, 11) is 0. The van der Waals surface area contributed by atoms with E-state index in [9.17, 15) is 18.3 Å². The fraction of sp³-hybridized carbons (Fsp3) is 0.786. The summed E-state index contributed by atoms with van der Waals surface area (Å²) in [6.07, 6.45) is -1.26. The molecule has 1 N–H and O–H groups in total. The summed E-state index contributed by atoms with van der Waals surface area (Å²) in [6, 6.07) is 0.968. The van der Waals surface area contributed by atoms with Crippen molar-refractivity contribution in [3.63, 3.8) is 0 Å². The maximum Gasteiger partial charge on any atom is 0.435 e. The Kier molecular flexibility index (Phi) is 4.17. The first-order valence-corrected chi connectivity index (χ1v) is 7.45. The van der Waals surface area contributed by atoms with Gasteiger partial charge in [-0.3, -0.25) is 4.68 Å². The summed E-state index contributed by atoms with van der Waals surface area (Å²) < 4.78 is 44.5. The second-order valence-corrected chi connectivity index (χ2v) is 6.36. The van der Waals surface area contributed by atoms with E-state index >= 15 is 0 Å². The van der Waals surface area contributed by atoms with Gasteiger partial charge in [-0.05, 0) is 25.5 Å². The Labute approximate surface area is 126 Å². The van der Waals surface area contributed by atoms with E-state index in [2.05, 4.69) is 10.00 Å². The van der Waals surface area contributed by atoms with Crippen molar-refractivity contribution in [2.45, 2.75) is 25.1 Å². The lowest BCUT2D eigenvalue weighted by Gasteiger charge is -2.45. The van der Waals surface area contributed by atoms with Crippen LogP contribution in [0.4, 0.5) is 13.2 Å². The van der Waals surface area contributed by atoms with Crippen LogP contribution in [0.25, 0.3) is 0 Å². The molecule has 0 aliphatic carbocycles. The molecule has 8 heteroatoms. The predicted octanol–water partition coefficient (Wildman–Crippen LogP) is 1.55. The number of aliphatic hydroxyl groups excluding tert-OH is 1. The number of hydrogen-bond donors (Lipinski definition) is 1. The summed E-state index contributed by atoms with van der Waals surface area (Å²) in [5, 5.41) is 13.2. The molecule has 1 atom stereocenters. The third-order valence-corrected chi connectivity index (χ3v) is 4.46. The fourth-order valence-corrected chi connectivity index (χ4v) is 3.18. The molecule has 2 fully saturated rings. The molecule has 0 radical (unpaired) electrons. The minimum Gasteiger partial charge on any atom is -0.396 e. The number of hydrogen-bond acceptors (Lipinski definition) is 4. The Hall–Kier alpha value is -1.12. The highest BCUT2D eigenvalue weighted by Crippen LogP contribution is 2.32. The monoisotopic (exact) mass is 319 g/mol. The van der Waals surface area contributed by atoms with Crippen molar-refractivity contribution in [3.05, 3.63) is 18.0 Å². The van der Waals surface area contributed by atoms with Crippen molar-refractivity contribution in [2.24, 2.45) is 5.41 Å². The molecule has 22 heavy (non-hydrogen) atoms. The van der Waals surface area contributed by atoms with Crippen molar-refractivity contribution in [3.8, 4) is 0 Å². The van der Waals surface area contributed by atoms with E-state index < -0.39 is 11.9 Å². The summed E-state index contributed by atoms with van der Waals surface area (Å²) in [4.78, 5) is 2.20. The molecular weight excluding hydrogens is 299 g/mol. The largest absolute Gasteiger partial charge is 0.435 e. The Morgan fingerprint density at radius 3 is 2.73 bits per heavy atom. The van der Waals surface area contributed by atoms with Crippen molar-refractivity contribution in [1.29, 1.82) is 0 Å². The number of aliphatic hydroxyl groups is 1. The van der Waals surface area contributed by atoms with Crippen LogP contribution in [0.2, 0.25) is 0 Å². The van der Waals surface area contributed by atoms with Gasteiger partial charge >= 0.3 is 6.18 Å². The Morgan fingerprint density at radius 1 is 1.41 bits per heavy atom. The van der Waals surface area contributed by atoms with Crippen LogP contribution in [0.5, 0.6) is 0 Å². The molecule has 0 bridgehead atoms. The van der Waals surface area contributed by atoms with Crippen molar-refractivity contribution in [1.82, 2.24) is 14.7 Å². The van der Waals surface area contributed by atoms with Crippen LogP contribution >= 0.6 is 0 Å². The molecule has 0 saturated carbocycles. The van der Waals surface area contributed by atoms with Gasteiger partial charge in [-0.15, -0.1) is 0 Å². The predicted molar refractivity (Wildman–Crippen MR) is 72.3 cm³/mol. The molecule has 2 aliphatic rings. The molecule has 0 spiro atoms. The molecule has 3 rings (SSSR count). The van der Waals surface area contributed by atoms with Crippen LogP contribution in [0, 0.1) is 5.41 Å². The SMILES string of the molecule is OCC1(CN2CCCC(n3ccc(C(F)(F)F)n3)C2)COC1. The number of alkyl halides is 3. The zero-order valence-corrected chi connectivity index (χ0v) is 12.2. The Balaban J connectivity index is 1.64. The quantitative estimate of drug-likeness (QED) is 0.915. The van der Waals surface area contributed by atoms with Gasteiger partial charge in [-0.25, -0.2) is 0 Å². The van der Waals surface area contributed by atoms with Gasteiger partial charge in [0, 0.05) is 19.3 Å². The summed E-state index contributed by atoms with van der Waals surface area (Å²) in [6.45, 7) is 3.43. The molecule has 0 amide bonds. The van der Waals surface area contributed by atoms with Gasteiger partial charge in [0.05, 0.1) is 31.3 Å². The lowest BCUT2D eigenvalue weighted by molar-refractivity contribution is -0.150. The lowest BCUT2D eigenvalue weighted by Crippen LogP contribution is -2.54. The molecule has 2 aliphatic heterocycles. The van der Waals surface area contributed by atoms with Crippen LogP contribution in [-0.4, -0.2) is 59.2 Å². The zero-order chi connectivity index (χ0) is 15.8. The average molecular weight is 319 g/mol. The van der Waals surface area contributed by atoms with Crippen LogP contribution in [0.3, 0.4) is 0 Å². The molecule has 1 aromatic rings. The molecule has 0 aromatic carbocycles. The standard InChI is InChI=1S/C14H20F3N3O2/c15-14(16,17)12-3-5-20(18-12)11-2-1-4-19(6-11)7-13(8-21)9-22-10-13/h3,5,11,21H,1-2,4,6-10H2. The Morgan fingerprint density at radius 2 is 2.18 bits per heavy atom. The van der Waals surface area contributed by atoms with Crippen molar-refractivity contribution in [2.75, 3.05) is 39.5 Å². The van der Waals surface area contributed by atoms with Gasteiger partial charge in [-0.1, -0.05) is 0 Å². The number of ether oxygens (including phenoxy) is 1. The lowest BCUT2D eigenvalue weighted by atomic mass is 9.85. The summed E-state index contributed by atoms with van der Waals surface area (Å²) >= 11 is 0. The minimum absolute atomic E-state index is 0.0541. The maximum absolute atomic E-state index is 12.6. The third-order valence-electron chi connectivity index (χ3n) is 4.46. The number of piperidine rings is 1. The molecular formula is C14H20F3N3O2. The number of likely N-dealkylation sites (tertiary alicyclic amines) is 1. The first kappa shape index (κ1) is 15.8. The molecule has 2 saturated heterocycles. The molecule has 5 nitrogen and oxygen atoms in total. The van der Waals surface area contributed by atoms with E-state index in [1.54, 1.807) is 0 Å². The van der Waals surface area contributed by atoms with Gasteiger partial charge in [-0.2, -0.15) is 18.3 Å². The number of aromatic nitrogens is 2. The zero-order valence-electron chi connectivity index (χ0n) is 12.2. The first-order chi connectivity index (χ1) is 10.4. The van der Waals surface area contributed by atoms with Crippen LogP contribution < -0.4 is 0 Å². The summed E-state index contributed by atoms with van der Waals surface area (Å²) in [5.41, 5.74) is -1.05. The molecule has 1 unspecified atom stereocenters. The topological polar surface area (TPSA) is 50.5 Å². The van der Waals surface area contributed by atoms with E-state index in [0.717, 1.165) is 25.5 Å². The normalized spacial score (nSPS) is 25.9. The second kappa shape index (κ2) is 5.82. The molecule has 124 valence electrons. The van der Waals surface area contributed by atoms with Gasteiger partial charge in [0.15, 0.2) is 5.69 Å². The van der Waals surface area contributed by atoms with Crippen LogP contribution in [0.15, 0.2) is 12.3 Å². The second-order valence-electron chi connectivity index (χ2n) is 6.36. The fourth-order valence-electron chi connectivity index (χ4n) is 3.18. The van der Waals surface area contributed by atoms with E-state index in [0.29, 0.717) is 26.3 Å². The van der Waals surface area contributed by atoms with E-state index in [-0.39, 0.29) is 18.1 Å². The summed E-state index contributed by atoms with van der Waals surface area (Å²) in [5.74, 6) is 0. The first-order valence-electron chi connectivity index (χ1n) is 7.45. The number of nitrogens with zero attached hydrogens (tertiary/aromatic N) is 3. The van der Waals surface area contributed by atoms with Crippen molar-refractivity contribution >= 4 is 0 Å². The van der Waals surface area contributed by atoms with Gasteiger partial charge < -0.3 is 14.7 Å². The van der Waals surface area contributed by atoms with Gasteiger partial charge in [0.2, 0.25) is 0 Å². The van der Waals surface area contributed by atoms with Crippen LogP contribution in [-0.2, 0) is 10.9 Å². The highest BCUT2D eigenvalue weighted by molar-refractivity contribution is 5.04. The average Bonchev–Trinajstić information content (AvgIpc) is 2.93. The number of rotatable bonds is 4. The minimum atomic E-state index is -4.40. The Bertz CT molecular complexity index is 508. The van der Waals surface area contributed by atoms with E-state index in [1.807, 2.05) is 0 Å². The number of halogens is 3. The van der Waals surface area contributed by atoms with E-state index in [1.165, 1.54) is 10.9 Å². The molecule has 1 aromatic heterocycles. The highest BCUT2D eigenvalue weighted by atomic mass is 19.4. The van der Waals surface area contributed by atoms with Crippen molar-refractivity contribution < 1.29 is 23.0 Å². The van der Waals surface area contributed by atoms with Gasteiger partial charge in [0.25, 0.3) is 0 Å². The smallest absolute Gasteiger partial charge is 0.396 e. The highest BCUT2D eigenvalue weighted by Gasteiger charge is 2.41. The molecule has 3 heterocycles. The van der Waals surface area contributed by atoms with Crippen LogP contribution in [0.1, 0.15) is 24.6 Å². The van der Waals surface area contributed by atoms with E-state index in [4.69, 9.17) is 4.74 Å². The maximum atomic E-state index is 12.6. The third kappa shape index (κ3) is 3.13.